The molecule has 1 aromatic carbocycles. The van der Waals surface area contributed by atoms with E-state index in [1.165, 1.54) is 19.2 Å². The van der Waals surface area contributed by atoms with E-state index >= 15 is 0 Å². The Morgan fingerprint density at radius 1 is 1.06 bits per heavy atom. The molecule has 0 aliphatic heterocycles. The van der Waals surface area contributed by atoms with Crippen LogP contribution in [0.2, 0.25) is 0 Å². The maximum absolute atomic E-state index is 13.5. The zero-order valence-corrected chi connectivity index (χ0v) is 8.58. The van der Waals surface area contributed by atoms with Gasteiger partial charge in [0.1, 0.15) is 0 Å². The predicted octanol–water partition coefficient (Wildman–Crippen LogP) is 3.04. The van der Waals surface area contributed by atoms with Gasteiger partial charge in [0.2, 0.25) is 5.88 Å². The number of rotatable bonds is 2. The lowest BCUT2D eigenvalue weighted by Crippen LogP contribution is -1.93. The average Bonchev–Trinajstić information content (AvgIpc) is 2.33. The van der Waals surface area contributed by atoms with Crippen LogP contribution in [0.5, 0.6) is 5.88 Å². The summed E-state index contributed by atoms with van der Waals surface area (Å²) in [4.78, 5) is 4.03. The van der Waals surface area contributed by atoms with Crippen molar-refractivity contribution in [1.82, 2.24) is 4.98 Å². The SMILES string of the molecule is COc1cccc(-c2cccc(F)c2F)n1. The molecule has 1 aromatic heterocycles. The fraction of sp³-hybridized carbons (Fsp3) is 0.0833. The minimum atomic E-state index is -0.900. The average molecular weight is 221 g/mol. The van der Waals surface area contributed by atoms with Crippen molar-refractivity contribution in [3.05, 3.63) is 48.0 Å². The van der Waals surface area contributed by atoms with Crippen molar-refractivity contribution in [2.75, 3.05) is 7.11 Å². The monoisotopic (exact) mass is 221 g/mol. The first-order valence-corrected chi connectivity index (χ1v) is 4.68. The second-order valence-corrected chi connectivity index (χ2v) is 3.17. The zero-order chi connectivity index (χ0) is 11.5. The molecule has 0 amide bonds. The van der Waals surface area contributed by atoms with Gasteiger partial charge >= 0.3 is 0 Å². The highest BCUT2D eigenvalue weighted by molar-refractivity contribution is 5.60. The maximum atomic E-state index is 13.5. The van der Waals surface area contributed by atoms with Crippen LogP contribution in [0.4, 0.5) is 8.78 Å². The Bertz CT molecular complexity index is 514. The normalized spacial score (nSPS) is 10.2. The molecule has 4 heteroatoms. The van der Waals surface area contributed by atoms with E-state index in [1.807, 2.05) is 0 Å². The highest BCUT2D eigenvalue weighted by Crippen LogP contribution is 2.24. The number of halogens is 2. The second-order valence-electron chi connectivity index (χ2n) is 3.17. The van der Waals surface area contributed by atoms with Crippen molar-refractivity contribution < 1.29 is 13.5 Å². The Morgan fingerprint density at radius 3 is 2.56 bits per heavy atom. The molecule has 0 radical (unpaired) electrons. The Kier molecular flexibility index (Phi) is 2.81. The standard InChI is InChI=1S/C12H9F2NO/c1-16-11-7-3-6-10(15-11)8-4-2-5-9(13)12(8)14/h2-7H,1H3. The second kappa shape index (κ2) is 4.26. The summed E-state index contributed by atoms with van der Waals surface area (Å²) in [6.07, 6.45) is 0. The van der Waals surface area contributed by atoms with Crippen molar-refractivity contribution in [3.8, 4) is 17.1 Å². The predicted molar refractivity (Wildman–Crippen MR) is 56.1 cm³/mol. The molecular weight excluding hydrogens is 212 g/mol. The van der Waals surface area contributed by atoms with Gasteiger partial charge in [0.25, 0.3) is 0 Å². The Morgan fingerprint density at radius 2 is 1.81 bits per heavy atom. The quantitative estimate of drug-likeness (QED) is 0.777. The van der Waals surface area contributed by atoms with Crippen molar-refractivity contribution in [3.63, 3.8) is 0 Å². The van der Waals surface area contributed by atoms with Gasteiger partial charge in [-0.15, -0.1) is 0 Å². The van der Waals surface area contributed by atoms with Crippen LogP contribution >= 0.6 is 0 Å². The molecule has 16 heavy (non-hydrogen) atoms. The fourth-order valence-electron chi connectivity index (χ4n) is 1.38. The lowest BCUT2D eigenvalue weighted by Gasteiger charge is -2.05. The number of pyridine rings is 1. The first-order valence-electron chi connectivity index (χ1n) is 4.68. The van der Waals surface area contributed by atoms with E-state index in [9.17, 15) is 8.78 Å². The molecule has 2 rings (SSSR count). The van der Waals surface area contributed by atoms with Gasteiger partial charge in [-0.3, -0.25) is 0 Å². The number of ether oxygens (including phenoxy) is 1. The molecule has 2 nitrogen and oxygen atoms in total. The van der Waals surface area contributed by atoms with Crippen LogP contribution in [-0.4, -0.2) is 12.1 Å². The van der Waals surface area contributed by atoms with E-state index < -0.39 is 11.6 Å². The number of hydrogen-bond acceptors (Lipinski definition) is 2. The molecule has 1 heterocycles. The first kappa shape index (κ1) is 10.5. The summed E-state index contributed by atoms with van der Waals surface area (Å²) in [5, 5.41) is 0. The van der Waals surface area contributed by atoms with E-state index in [2.05, 4.69) is 4.98 Å². The first-order chi connectivity index (χ1) is 7.72. The Balaban J connectivity index is 2.54. The number of methoxy groups -OCH3 is 1. The zero-order valence-electron chi connectivity index (χ0n) is 8.58. The van der Waals surface area contributed by atoms with Gasteiger partial charge in [-0.2, -0.15) is 0 Å². The number of hydrogen-bond donors (Lipinski definition) is 0. The summed E-state index contributed by atoms with van der Waals surface area (Å²) in [6, 6.07) is 8.89. The Hall–Kier alpha value is -1.97. The topological polar surface area (TPSA) is 22.1 Å². The molecule has 0 atom stereocenters. The van der Waals surface area contributed by atoms with Gasteiger partial charge in [-0.1, -0.05) is 12.1 Å². The molecular formula is C12H9F2NO. The molecule has 2 aromatic rings. The maximum Gasteiger partial charge on any atom is 0.213 e. The summed E-state index contributed by atoms with van der Waals surface area (Å²) in [7, 11) is 1.47. The molecule has 0 aliphatic carbocycles. The van der Waals surface area contributed by atoms with Crippen molar-refractivity contribution >= 4 is 0 Å². The summed E-state index contributed by atoms with van der Waals surface area (Å²) in [5.41, 5.74) is 0.468. The molecule has 0 N–H and O–H groups in total. The molecule has 82 valence electrons. The van der Waals surface area contributed by atoms with Crippen LogP contribution in [0.3, 0.4) is 0 Å². The van der Waals surface area contributed by atoms with Crippen molar-refractivity contribution in [2.45, 2.75) is 0 Å². The smallest absolute Gasteiger partial charge is 0.213 e. The number of aromatic nitrogens is 1. The Labute approximate surface area is 91.5 Å². The summed E-state index contributed by atoms with van der Waals surface area (Å²) < 4.78 is 31.4. The highest BCUT2D eigenvalue weighted by Gasteiger charge is 2.10. The van der Waals surface area contributed by atoms with Gasteiger partial charge < -0.3 is 4.74 Å². The van der Waals surface area contributed by atoms with Gasteiger partial charge in [0, 0.05) is 11.6 Å². The number of nitrogens with zero attached hydrogens (tertiary/aromatic N) is 1. The van der Waals surface area contributed by atoms with Crippen molar-refractivity contribution in [1.29, 1.82) is 0 Å². The lowest BCUT2D eigenvalue weighted by molar-refractivity contribution is 0.398. The van der Waals surface area contributed by atoms with E-state index in [1.54, 1.807) is 18.2 Å². The van der Waals surface area contributed by atoms with Crippen LogP contribution in [0, 0.1) is 11.6 Å². The molecule has 0 aliphatic rings. The highest BCUT2D eigenvalue weighted by atomic mass is 19.2. The third kappa shape index (κ3) is 1.86. The molecule has 0 saturated heterocycles. The van der Waals surface area contributed by atoms with E-state index in [0.29, 0.717) is 11.6 Å². The van der Waals surface area contributed by atoms with Crippen LogP contribution in [0.1, 0.15) is 0 Å². The molecule has 0 spiro atoms. The van der Waals surface area contributed by atoms with Gasteiger partial charge in [0.05, 0.1) is 12.8 Å². The molecule has 0 fully saturated rings. The molecule has 0 bridgehead atoms. The third-order valence-electron chi connectivity index (χ3n) is 2.16. The van der Waals surface area contributed by atoms with Crippen LogP contribution in [-0.2, 0) is 0 Å². The van der Waals surface area contributed by atoms with Crippen LogP contribution in [0.25, 0.3) is 11.3 Å². The summed E-state index contributed by atoms with van der Waals surface area (Å²) in [5.74, 6) is -1.42. The fourth-order valence-corrected chi connectivity index (χ4v) is 1.38. The van der Waals surface area contributed by atoms with Crippen LogP contribution in [0.15, 0.2) is 36.4 Å². The van der Waals surface area contributed by atoms with E-state index in [4.69, 9.17) is 4.74 Å². The van der Waals surface area contributed by atoms with E-state index in [0.717, 1.165) is 6.07 Å². The molecule has 0 saturated carbocycles. The number of benzene rings is 1. The minimum Gasteiger partial charge on any atom is -0.481 e. The van der Waals surface area contributed by atoms with Gasteiger partial charge in [-0.25, -0.2) is 13.8 Å². The summed E-state index contributed by atoms with van der Waals surface area (Å²) in [6.45, 7) is 0. The summed E-state index contributed by atoms with van der Waals surface area (Å²) >= 11 is 0. The van der Waals surface area contributed by atoms with Gasteiger partial charge in [0.15, 0.2) is 11.6 Å². The van der Waals surface area contributed by atoms with Gasteiger partial charge in [-0.05, 0) is 18.2 Å². The largest absolute Gasteiger partial charge is 0.481 e. The van der Waals surface area contributed by atoms with Crippen LogP contribution < -0.4 is 4.74 Å². The molecule has 0 unspecified atom stereocenters. The minimum absolute atomic E-state index is 0.124. The van der Waals surface area contributed by atoms with E-state index in [-0.39, 0.29) is 5.56 Å². The lowest BCUT2D eigenvalue weighted by atomic mass is 10.1. The van der Waals surface area contributed by atoms with Crippen molar-refractivity contribution in [2.24, 2.45) is 0 Å². The third-order valence-corrected chi connectivity index (χ3v) is 2.16.